The third kappa shape index (κ3) is 3.04. The molecule has 1 aliphatic carbocycles. The third-order valence-electron chi connectivity index (χ3n) is 4.30. The van der Waals surface area contributed by atoms with E-state index in [1.807, 2.05) is 0 Å². The zero-order chi connectivity index (χ0) is 14.7. The zero-order valence-electron chi connectivity index (χ0n) is 12.5. The molecule has 0 saturated heterocycles. The zero-order valence-corrected chi connectivity index (χ0v) is 12.5. The van der Waals surface area contributed by atoms with Crippen LogP contribution in [0.5, 0.6) is 5.88 Å². The van der Waals surface area contributed by atoms with Crippen molar-refractivity contribution in [2.24, 2.45) is 17.8 Å². The Morgan fingerprint density at radius 2 is 2.20 bits per heavy atom. The van der Waals surface area contributed by atoms with E-state index in [0.717, 1.165) is 6.42 Å². The van der Waals surface area contributed by atoms with Crippen LogP contribution < -0.4 is 10.5 Å². The predicted molar refractivity (Wildman–Crippen MR) is 79.1 cm³/mol. The van der Waals surface area contributed by atoms with Crippen LogP contribution in [0.4, 0.5) is 5.69 Å². The van der Waals surface area contributed by atoms with Crippen LogP contribution in [-0.2, 0) is 0 Å². The average molecular weight is 273 g/mol. The second-order valence-corrected chi connectivity index (χ2v) is 6.17. The fraction of sp³-hybridized carbons (Fsp3) is 0.625. The SMILES string of the molecule is CC1CCC(C(C)C)C(Oc2nccc(C#N)c2N)C1. The highest BCUT2D eigenvalue weighted by Gasteiger charge is 2.33. The number of nitrogens with zero attached hydrogens (tertiary/aromatic N) is 2. The molecule has 1 aromatic heterocycles. The molecule has 0 bridgehead atoms. The van der Waals surface area contributed by atoms with Gasteiger partial charge in [0.1, 0.15) is 17.9 Å². The van der Waals surface area contributed by atoms with Gasteiger partial charge in [-0.2, -0.15) is 5.26 Å². The van der Waals surface area contributed by atoms with E-state index >= 15 is 0 Å². The summed E-state index contributed by atoms with van der Waals surface area (Å²) in [6.07, 6.45) is 5.19. The molecule has 2 N–H and O–H groups in total. The van der Waals surface area contributed by atoms with E-state index in [1.54, 1.807) is 12.3 Å². The van der Waals surface area contributed by atoms with Crippen molar-refractivity contribution in [3.05, 3.63) is 17.8 Å². The monoisotopic (exact) mass is 273 g/mol. The highest BCUT2D eigenvalue weighted by atomic mass is 16.5. The molecule has 108 valence electrons. The summed E-state index contributed by atoms with van der Waals surface area (Å²) in [4.78, 5) is 4.20. The summed E-state index contributed by atoms with van der Waals surface area (Å²) in [6, 6.07) is 3.69. The molecule has 1 fully saturated rings. The molecule has 1 aromatic rings. The molecule has 2 rings (SSSR count). The van der Waals surface area contributed by atoms with Crippen LogP contribution in [0.3, 0.4) is 0 Å². The Morgan fingerprint density at radius 3 is 2.85 bits per heavy atom. The van der Waals surface area contributed by atoms with Crippen molar-refractivity contribution in [3.63, 3.8) is 0 Å². The lowest BCUT2D eigenvalue weighted by Gasteiger charge is -2.37. The first-order valence-corrected chi connectivity index (χ1v) is 7.34. The van der Waals surface area contributed by atoms with Gasteiger partial charge in [-0.05, 0) is 36.7 Å². The molecular weight excluding hydrogens is 250 g/mol. The lowest BCUT2D eigenvalue weighted by atomic mass is 9.75. The first kappa shape index (κ1) is 14.6. The first-order valence-electron chi connectivity index (χ1n) is 7.34. The second-order valence-electron chi connectivity index (χ2n) is 6.17. The Kier molecular flexibility index (Phi) is 4.49. The summed E-state index contributed by atoms with van der Waals surface area (Å²) in [5, 5.41) is 9.02. The van der Waals surface area contributed by atoms with E-state index < -0.39 is 0 Å². The number of nitriles is 1. The number of nitrogen functional groups attached to an aromatic ring is 1. The maximum Gasteiger partial charge on any atom is 0.238 e. The molecule has 0 radical (unpaired) electrons. The Balaban J connectivity index is 2.20. The van der Waals surface area contributed by atoms with E-state index in [1.165, 1.54) is 12.8 Å². The van der Waals surface area contributed by atoms with E-state index in [9.17, 15) is 0 Å². The van der Waals surface area contributed by atoms with Crippen LogP contribution in [0.25, 0.3) is 0 Å². The number of aromatic nitrogens is 1. The minimum atomic E-state index is 0.141. The number of pyridine rings is 1. The normalized spacial score (nSPS) is 26.2. The number of anilines is 1. The summed E-state index contributed by atoms with van der Waals surface area (Å²) in [6.45, 7) is 6.73. The lowest BCUT2D eigenvalue weighted by Crippen LogP contribution is -2.36. The quantitative estimate of drug-likeness (QED) is 0.916. The molecule has 0 amide bonds. The van der Waals surface area contributed by atoms with Crippen molar-refractivity contribution >= 4 is 5.69 Å². The van der Waals surface area contributed by atoms with Gasteiger partial charge >= 0.3 is 0 Å². The highest BCUT2D eigenvalue weighted by Crippen LogP contribution is 2.36. The largest absolute Gasteiger partial charge is 0.473 e. The molecule has 20 heavy (non-hydrogen) atoms. The molecule has 1 saturated carbocycles. The number of hydrogen-bond donors (Lipinski definition) is 1. The second kappa shape index (κ2) is 6.13. The van der Waals surface area contributed by atoms with Gasteiger partial charge in [0, 0.05) is 6.20 Å². The fourth-order valence-electron chi connectivity index (χ4n) is 3.04. The maximum atomic E-state index is 9.02. The van der Waals surface area contributed by atoms with Crippen LogP contribution in [0.15, 0.2) is 12.3 Å². The van der Waals surface area contributed by atoms with E-state index in [0.29, 0.717) is 34.9 Å². The molecular formula is C16H23N3O. The van der Waals surface area contributed by atoms with E-state index in [4.69, 9.17) is 15.7 Å². The fourth-order valence-corrected chi connectivity index (χ4v) is 3.04. The lowest BCUT2D eigenvalue weighted by molar-refractivity contribution is 0.0432. The summed E-state index contributed by atoms with van der Waals surface area (Å²) in [5.41, 5.74) is 6.74. The van der Waals surface area contributed by atoms with Crippen molar-refractivity contribution in [1.82, 2.24) is 4.98 Å². The van der Waals surface area contributed by atoms with Crippen LogP contribution >= 0.6 is 0 Å². The van der Waals surface area contributed by atoms with Crippen LogP contribution in [0.2, 0.25) is 0 Å². The number of nitrogens with two attached hydrogens (primary N) is 1. The van der Waals surface area contributed by atoms with Crippen molar-refractivity contribution in [3.8, 4) is 11.9 Å². The van der Waals surface area contributed by atoms with Gasteiger partial charge in [0.2, 0.25) is 5.88 Å². The van der Waals surface area contributed by atoms with Crippen LogP contribution in [0, 0.1) is 29.1 Å². The standard InChI is InChI=1S/C16H23N3O/c1-10(2)13-5-4-11(3)8-14(13)20-16-15(18)12(9-17)6-7-19-16/h6-7,10-11,13-14H,4-5,8,18H2,1-3H3. The van der Waals surface area contributed by atoms with Gasteiger partial charge in [0.05, 0.1) is 5.56 Å². The highest BCUT2D eigenvalue weighted by molar-refractivity contribution is 5.59. The molecule has 1 heterocycles. The number of rotatable bonds is 3. The molecule has 3 unspecified atom stereocenters. The summed E-state index contributed by atoms with van der Waals surface area (Å²) >= 11 is 0. The first-order chi connectivity index (χ1) is 9.52. The van der Waals surface area contributed by atoms with Gasteiger partial charge in [0.25, 0.3) is 0 Å². The minimum absolute atomic E-state index is 0.141. The van der Waals surface area contributed by atoms with E-state index in [2.05, 4.69) is 31.8 Å². The van der Waals surface area contributed by atoms with Gasteiger partial charge in [-0.25, -0.2) is 4.98 Å². The topological polar surface area (TPSA) is 71.9 Å². The molecule has 0 aliphatic heterocycles. The average Bonchev–Trinajstić information content (AvgIpc) is 2.41. The minimum Gasteiger partial charge on any atom is -0.473 e. The van der Waals surface area contributed by atoms with Gasteiger partial charge in [-0.1, -0.05) is 27.2 Å². The Morgan fingerprint density at radius 1 is 1.45 bits per heavy atom. The van der Waals surface area contributed by atoms with Crippen LogP contribution in [-0.4, -0.2) is 11.1 Å². The van der Waals surface area contributed by atoms with Crippen LogP contribution in [0.1, 0.15) is 45.6 Å². The van der Waals surface area contributed by atoms with Crippen molar-refractivity contribution in [2.45, 2.75) is 46.1 Å². The number of hydrogen-bond acceptors (Lipinski definition) is 4. The van der Waals surface area contributed by atoms with E-state index in [-0.39, 0.29) is 6.10 Å². The molecule has 3 atom stereocenters. The van der Waals surface area contributed by atoms with Crippen molar-refractivity contribution in [2.75, 3.05) is 5.73 Å². The summed E-state index contributed by atoms with van der Waals surface area (Å²) < 4.78 is 6.09. The predicted octanol–water partition coefficient (Wildman–Crippen LogP) is 3.38. The summed E-state index contributed by atoms with van der Waals surface area (Å²) in [7, 11) is 0. The Bertz CT molecular complexity index is 507. The van der Waals surface area contributed by atoms with Gasteiger partial charge in [0.15, 0.2) is 0 Å². The molecule has 0 spiro atoms. The molecule has 4 heteroatoms. The van der Waals surface area contributed by atoms with Gasteiger partial charge in [-0.3, -0.25) is 0 Å². The van der Waals surface area contributed by atoms with Gasteiger partial charge < -0.3 is 10.5 Å². The third-order valence-corrected chi connectivity index (χ3v) is 4.30. The van der Waals surface area contributed by atoms with Crippen molar-refractivity contribution < 1.29 is 4.74 Å². The molecule has 4 nitrogen and oxygen atoms in total. The van der Waals surface area contributed by atoms with Crippen molar-refractivity contribution in [1.29, 1.82) is 5.26 Å². The number of ether oxygens (including phenoxy) is 1. The Labute approximate surface area is 121 Å². The maximum absolute atomic E-state index is 9.02. The smallest absolute Gasteiger partial charge is 0.238 e. The summed E-state index contributed by atoms with van der Waals surface area (Å²) in [5.74, 6) is 2.18. The molecule has 0 aromatic carbocycles. The Hall–Kier alpha value is -1.76. The molecule has 1 aliphatic rings. The van der Waals surface area contributed by atoms with Gasteiger partial charge in [-0.15, -0.1) is 0 Å².